The third-order valence-electron chi connectivity index (χ3n) is 5.32. The van der Waals surface area contributed by atoms with Gasteiger partial charge in [0.2, 0.25) is 11.8 Å². The van der Waals surface area contributed by atoms with E-state index in [1.165, 1.54) is 4.90 Å². The van der Waals surface area contributed by atoms with Crippen LogP contribution in [-0.4, -0.2) is 23.0 Å². The largest absolute Gasteiger partial charge is 0.359 e. The highest BCUT2D eigenvalue weighted by atomic mass is 16.5. The summed E-state index contributed by atoms with van der Waals surface area (Å²) < 4.78 is 6.01. The Morgan fingerprint density at radius 3 is 2.05 bits per heavy atom. The van der Waals surface area contributed by atoms with Gasteiger partial charge in [-0.15, -0.1) is 0 Å². The number of rotatable bonds is 1. The molecule has 3 heterocycles. The molecule has 4 rings (SSSR count). The highest BCUT2D eigenvalue weighted by Gasteiger charge is 2.70. The summed E-state index contributed by atoms with van der Waals surface area (Å²) in [6.07, 6.45) is 3.87. The second kappa shape index (κ2) is 3.87. The first-order chi connectivity index (χ1) is 10.3. The van der Waals surface area contributed by atoms with Gasteiger partial charge in [-0.05, 0) is 39.3 Å². The summed E-state index contributed by atoms with van der Waals surface area (Å²) in [5.41, 5.74) is 1.42. The van der Waals surface area contributed by atoms with Crippen LogP contribution in [0.1, 0.15) is 25.0 Å². The Morgan fingerprint density at radius 1 is 1.00 bits per heavy atom. The van der Waals surface area contributed by atoms with Crippen LogP contribution in [0.25, 0.3) is 0 Å². The van der Waals surface area contributed by atoms with E-state index in [-0.39, 0.29) is 11.8 Å². The van der Waals surface area contributed by atoms with Crippen LogP contribution in [-0.2, 0) is 14.3 Å². The van der Waals surface area contributed by atoms with Crippen molar-refractivity contribution < 1.29 is 14.3 Å². The van der Waals surface area contributed by atoms with Crippen molar-refractivity contribution in [2.45, 2.75) is 38.9 Å². The molecular formula is C18H19NO3. The first-order valence-electron chi connectivity index (χ1n) is 7.62. The zero-order chi connectivity index (χ0) is 15.9. The van der Waals surface area contributed by atoms with E-state index in [2.05, 4.69) is 0 Å². The van der Waals surface area contributed by atoms with Crippen LogP contribution in [0.5, 0.6) is 0 Å². The Labute approximate surface area is 129 Å². The maximum absolute atomic E-state index is 13.0. The molecule has 0 saturated carbocycles. The van der Waals surface area contributed by atoms with Crippen LogP contribution in [0.15, 0.2) is 30.4 Å². The van der Waals surface area contributed by atoms with Gasteiger partial charge in [0.25, 0.3) is 0 Å². The lowest BCUT2D eigenvalue weighted by molar-refractivity contribution is -0.128. The van der Waals surface area contributed by atoms with Crippen molar-refractivity contribution in [3.63, 3.8) is 0 Å². The fourth-order valence-corrected chi connectivity index (χ4v) is 4.32. The molecule has 0 N–H and O–H groups in total. The lowest BCUT2D eigenvalue weighted by atomic mass is 9.73. The molecule has 0 aromatic heterocycles. The van der Waals surface area contributed by atoms with Crippen molar-refractivity contribution in [3.05, 3.63) is 41.5 Å². The number of nitrogens with zero attached hydrogens (tertiary/aromatic N) is 1. The van der Waals surface area contributed by atoms with Gasteiger partial charge in [0, 0.05) is 0 Å². The van der Waals surface area contributed by atoms with Crippen molar-refractivity contribution in [3.8, 4) is 0 Å². The molecular weight excluding hydrogens is 278 g/mol. The zero-order valence-electron chi connectivity index (χ0n) is 13.2. The molecule has 4 nitrogen and oxygen atoms in total. The lowest BCUT2D eigenvalue weighted by Crippen LogP contribution is -2.39. The second-order valence-electron chi connectivity index (χ2n) is 7.06. The first-order valence-corrected chi connectivity index (χ1v) is 7.62. The van der Waals surface area contributed by atoms with Crippen molar-refractivity contribution in [1.82, 2.24) is 0 Å². The maximum Gasteiger partial charge on any atom is 0.241 e. The quantitative estimate of drug-likeness (QED) is 0.591. The van der Waals surface area contributed by atoms with Crippen LogP contribution in [0.3, 0.4) is 0 Å². The van der Waals surface area contributed by atoms with Crippen LogP contribution in [0.4, 0.5) is 5.69 Å². The Morgan fingerprint density at radius 2 is 1.55 bits per heavy atom. The number of aryl methyl sites for hydroxylation is 2. The smallest absolute Gasteiger partial charge is 0.241 e. The van der Waals surface area contributed by atoms with E-state index in [1.807, 2.05) is 58.0 Å². The minimum atomic E-state index is -0.667. The van der Waals surface area contributed by atoms with E-state index in [0.29, 0.717) is 5.69 Å². The number of hydrogen-bond acceptors (Lipinski definition) is 3. The van der Waals surface area contributed by atoms with Gasteiger partial charge in [0.05, 0.1) is 28.7 Å². The van der Waals surface area contributed by atoms with Gasteiger partial charge in [0.15, 0.2) is 0 Å². The normalized spacial score (nSPS) is 39.0. The van der Waals surface area contributed by atoms with E-state index >= 15 is 0 Å². The Bertz CT molecular complexity index is 717. The minimum Gasteiger partial charge on any atom is -0.359 e. The summed E-state index contributed by atoms with van der Waals surface area (Å²) in [6.45, 7) is 7.73. The van der Waals surface area contributed by atoms with Crippen molar-refractivity contribution in [2.24, 2.45) is 11.8 Å². The van der Waals surface area contributed by atoms with Crippen LogP contribution in [0, 0.1) is 25.7 Å². The number of benzene rings is 1. The Balaban J connectivity index is 1.83. The molecule has 2 amide bonds. The predicted molar refractivity (Wildman–Crippen MR) is 82.4 cm³/mol. The van der Waals surface area contributed by atoms with E-state index in [9.17, 15) is 9.59 Å². The number of carbonyl (C=O) groups is 2. The second-order valence-corrected chi connectivity index (χ2v) is 7.06. The number of amides is 2. The summed E-state index contributed by atoms with van der Waals surface area (Å²) in [5, 5.41) is 0. The number of carbonyl (C=O) groups excluding carboxylic acids is 2. The summed E-state index contributed by atoms with van der Waals surface area (Å²) in [7, 11) is 0. The molecule has 22 heavy (non-hydrogen) atoms. The molecule has 1 aromatic carbocycles. The highest BCUT2D eigenvalue weighted by molar-refractivity contribution is 6.23. The van der Waals surface area contributed by atoms with E-state index < -0.39 is 23.0 Å². The summed E-state index contributed by atoms with van der Waals surface area (Å²) in [5.74, 6) is -1.12. The minimum absolute atomic E-state index is 0.141. The first kappa shape index (κ1) is 13.7. The van der Waals surface area contributed by atoms with Gasteiger partial charge in [-0.2, -0.15) is 0 Å². The molecule has 2 bridgehead atoms. The third-order valence-corrected chi connectivity index (χ3v) is 5.32. The van der Waals surface area contributed by atoms with Gasteiger partial charge in [-0.1, -0.05) is 29.8 Å². The molecule has 2 fully saturated rings. The van der Waals surface area contributed by atoms with Gasteiger partial charge in [-0.3, -0.25) is 9.59 Å². The monoisotopic (exact) mass is 297 g/mol. The van der Waals surface area contributed by atoms with Gasteiger partial charge in [-0.25, -0.2) is 4.90 Å². The van der Waals surface area contributed by atoms with E-state index in [0.717, 1.165) is 11.1 Å². The number of imide groups is 1. The van der Waals surface area contributed by atoms with E-state index in [1.54, 1.807) is 0 Å². The SMILES string of the molecule is Cc1ccc(N2C(=O)[C@@H]3[C@H](C2=O)[C@]2(C)C=C[C@@]3(C)O2)c(C)c1. The van der Waals surface area contributed by atoms with Gasteiger partial charge >= 0.3 is 0 Å². The molecule has 2 saturated heterocycles. The molecule has 4 heteroatoms. The van der Waals surface area contributed by atoms with Crippen LogP contribution < -0.4 is 4.90 Å². The zero-order valence-corrected chi connectivity index (χ0v) is 13.2. The fourth-order valence-electron chi connectivity index (χ4n) is 4.32. The van der Waals surface area contributed by atoms with Gasteiger partial charge < -0.3 is 4.74 Å². The number of ether oxygens (including phenoxy) is 1. The van der Waals surface area contributed by atoms with Crippen LogP contribution in [0.2, 0.25) is 0 Å². The Hall–Kier alpha value is -1.94. The molecule has 114 valence electrons. The topological polar surface area (TPSA) is 46.6 Å². The summed E-state index contributed by atoms with van der Waals surface area (Å²) in [4.78, 5) is 27.3. The van der Waals surface area contributed by atoms with Gasteiger partial charge in [0.1, 0.15) is 0 Å². The summed E-state index contributed by atoms with van der Waals surface area (Å²) >= 11 is 0. The predicted octanol–water partition coefficient (Wildman–Crippen LogP) is 2.53. The number of fused-ring (bicyclic) bond motifs is 5. The number of anilines is 1. The molecule has 0 radical (unpaired) electrons. The third kappa shape index (κ3) is 1.46. The maximum atomic E-state index is 13.0. The number of hydrogen-bond donors (Lipinski definition) is 0. The molecule has 3 aliphatic heterocycles. The molecule has 3 aliphatic rings. The average molecular weight is 297 g/mol. The average Bonchev–Trinajstić information content (AvgIpc) is 2.97. The van der Waals surface area contributed by atoms with Crippen molar-refractivity contribution in [1.29, 1.82) is 0 Å². The van der Waals surface area contributed by atoms with Crippen LogP contribution >= 0.6 is 0 Å². The fraction of sp³-hybridized carbons (Fsp3) is 0.444. The molecule has 1 aromatic rings. The molecule has 0 unspecified atom stereocenters. The van der Waals surface area contributed by atoms with Crippen molar-refractivity contribution >= 4 is 17.5 Å². The van der Waals surface area contributed by atoms with E-state index in [4.69, 9.17) is 4.74 Å². The standard InChI is InChI=1S/C18H19NO3/c1-10-5-6-12(11(2)9-10)19-15(20)13-14(16(19)21)18(4)8-7-17(13,3)22-18/h5-9,13-14H,1-4H3/t13-,14+,17+,18-. The summed E-state index contributed by atoms with van der Waals surface area (Å²) in [6, 6.07) is 5.79. The molecule has 0 aliphatic carbocycles. The lowest BCUT2D eigenvalue weighted by Gasteiger charge is -2.26. The molecule has 4 atom stereocenters. The van der Waals surface area contributed by atoms with Crippen molar-refractivity contribution in [2.75, 3.05) is 4.90 Å². The highest BCUT2D eigenvalue weighted by Crippen LogP contribution is 2.57. The Kier molecular flexibility index (Phi) is 2.41. The molecule has 0 spiro atoms.